The fourth-order valence-electron chi connectivity index (χ4n) is 1.83. The Morgan fingerprint density at radius 3 is 2.59 bits per heavy atom. The Kier molecular flexibility index (Phi) is 5.62. The monoisotopic (exact) mass is 239 g/mol. The van der Waals surface area contributed by atoms with E-state index in [-0.39, 0.29) is 5.91 Å². The number of aromatic nitrogens is 3. The van der Waals surface area contributed by atoms with Gasteiger partial charge in [0.2, 0.25) is 5.82 Å². The number of carbonyl (C=O) groups excluding carboxylic acids is 1. The van der Waals surface area contributed by atoms with Crippen LogP contribution in [0.5, 0.6) is 0 Å². The molecule has 2 heterocycles. The summed E-state index contributed by atoms with van der Waals surface area (Å²) in [6.45, 7) is 5.57. The molecule has 0 radical (unpaired) electrons. The average molecular weight is 239 g/mol. The lowest BCUT2D eigenvalue weighted by Crippen LogP contribution is -2.44. The van der Waals surface area contributed by atoms with Gasteiger partial charge in [0.1, 0.15) is 6.33 Å². The van der Waals surface area contributed by atoms with Crippen molar-refractivity contribution < 1.29 is 4.79 Å². The fourth-order valence-corrected chi connectivity index (χ4v) is 1.83. The van der Waals surface area contributed by atoms with Crippen LogP contribution in [-0.4, -0.2) is 52.2 Å². The van der Waals surface area contributed by atoms with Gasteiger partial charge in [-0.15, -0.1) is 0 Å². The molecule has 2 rings (SSSR count). The average Bonchev–Trinajstić information content (AvgIpc) is 2.94. The normalized spacial score (nSPS) is 16.3. The number of hydrogen-bond donors (Lipinski definition) is 2. The predicted molar refractivity (Wildman–Crippen MR) is 65.7 cm³/mol. The van der Waals surface area contributed by atoms with Crippen molar-refractivity contribution in [3.8, 4) is 0 Å². The smallest absolute Gasteiger partial charge is 0.291 e. The van der Waals surface area contributed by atoms with E-state index >= 15 is 0 Å². The van der Waals surface area contributed by atoms with Crippen LogP contribution >= 0.6 is 0 Å². The topological polar surface area (TPSA) is 73.9 Å². The molecular weight excluding hydrogens is 218 g/mol. The molecule has 0 aliphatic carbocycles. The molecule has 1 aromatic heterocycles. The molecule has 0 bridgehead atoms. The van der Waals surface area contributed by atoms with Gasteiger partial charge in [0.25, 0.3) is 5.91 Å². The molecule has 0 atom stereocenters. The number of piperidine rings is 1. The van der Waals surface area contributed by atoms with Crippen molar-refractivity contribution in [3.05, 3.63) is 12.2 Å². The van der Waals surface area contributed by atoms with E-state index in [1.54, 1.807) is 0 Å². The number of H-pyrrole nitrogens is 1. The van der Waals surface area contributed by atoms with E-state index in [0.717, 1.165) is 25.9 Å². The van der Waals surface area contributed by atoms with Crippen LogP contribution in [0.3, 0.4) is 0 Å². The molecule has 96 valence electrons. The summed E-state index contributed by atoms with van der Waals surface area (Å²) in [6.07, 6.45) is 3.35. The van der Waals surface area contributed by atoms with Crippen molar-refractivity contribution in [2.45, 2.75) is 32.7 Å². The number of likely N-dealkylation sites (tertiary alicyclic amines) is 1. The van der Waals surface area contributed by atoms with Crippen LogP contribution in [0.15, 0.2) is 6.33 Å². The summed E-state index contributed by atoms with van der Waals surface area (Å²) in [5.74, 6) is 0.278. The fraction of sp³-hybridized carbons (Fsp3) is 0.727. The second-order valence-electron chi connectivity index (χ2n) is 3.69. The van der Waals surface area contributed by atoms with Gasteiger partial charge in [0.15, 0.2) is 0 Å². The first-order chi connectivity index (χ1) is 8.31. The van der Waals surface area contributed by atoms with Crippen LogP contribution in [0.1, 0.15) is 37.3 Å². The first-order valence-corrected chi connectivity index (χ1v) is 6.13. The summed E-state index contributed by atoms with van der Waals surface area (Å²) in [6, 6.07) is 0.531. The highest BCUT2D eigenvalue weighted by Gasteiger charge is 2.23. The minimum Gasteiger partial charge on any atom is -0.336 e. The number of nitrogens with one attached hydrogen (secondary N) is 2. The molecule has 0 spiro atoms. The maximum absolute atomic E-state index is 11.8. The second-order valence-corrected chi connectivity index (χ2v) is 3.69. The van der Waals surface area contributed by atoms with Gasteiger partial charge in [0.05, 0.1) is 0 Å². The van der Waals surface area contributed by atoms with E-state index in [1.807, 2.05) is 25.8 Å². The van der Waals surface area contributed by atoms with Gasteiger partial charge in [-0.05, 0) is 19.9 Å². The Labute approximate surface area is 102 Å². The molecule has 6 nitrogen and oxygen atoms in total. The Morgan fingerprint density at radius 2 is 2.12 bits per heavy atom. The first kappa shape index (κ1) is 13.6. The van der Waals surface area contributed by atoms with Crippen molar-refractivity contribution in [3.63, 3.8) is 0 Å². The molecule has 1 fully saturated rings. The van der Waals surface area contributed by atoms with Gasteiger partial charge in [-0.3, -0.25) is 9.89 Å². The Hall–Kier alpha value is -1.43. The molecule has 0 unspecified atom stereocenters. The number of carbonyl (C=O) groups is 1. The predicted octanol–water partition coefficient (Wildman–Crippen LogP) is 0.655. The zero-order valence-electron chi connectivity index (χ0n) is 10.7. The third-order valence-corrected chi connectivity index (χ3v) is 2.81. The first-order valence-electron chi connectivity index (χ1n) is 6.13. The molecule has 1 aliphatic heterocycles. The van der Waals surface area contributed by atoms with Crippen molar-refractivity contribution in [1.29, 1.82) is 0 Å². The molecule has 0 saturated carbocycles. The highest BCUT2D eigenvalue weighted by atomic mass is 16.2. The maximum atomic E-state index is 11.8. The lowest BCUT2D eigenvalue weighted by Gasteiger charge is -2.31. The molecule has 6 heteroatoms. The Morgan fingerprint density at radius 1 is 1.47 bits per heavy atom. The van der Waals surface area contributed by atoms with Gasteiger partial charge in [-0.2, -0.15) is 5.10 Å². The van der Waals surface area contributed by atoms with Gasteiger partial charge in [-0.1, -0.05) is 13.8 Å². The largest absolute Gasteiger partial charge is 0.336 e. The third kappa shape index (κ3) is 3.52. The quantitative estimate of drug-likeness (QED) is 0.795. The molecule has 17 heavy (non-hydrogen) atoms. The molecule has 0 aromatic carbocycles. The number of amides is 1. The zero-order valence-corrected chi connectivity index (χ0v) is 10.7. The van der Waals surface area contributed by atoms with Crippen LogP contribution in [0.4, 0.5) is 0 Å². The zero-order chi connectivity index (χ0) is 12.7. The Bertz CT molecular complexity index is 317. The van der Waals surface area contributed by atoms with Crippen LogP contribution in [0.2, 0.25) is 0 Å². The van der Waals surface area contributed by atoms with Crippen molar-refractivity contribution in [2.24, 2.45) is 0 Å². The second kappa shape index (κ2) is 7.01. The van der Waals surface area contributed by atoms with E-state index in [1.165, 1.54) is 6.33 Å². The lowest BCUT2D eigenvalue weighted by atomic mass is 10.1. The number of hydrogen-bond acceptors (Lipinski definition) is 4. The number of nitrogens with zero attached hydrogens (tertiary/aromatic N) is 3. The Balaban J connectivity index is 0.000000686. The standard InChI is InChI=1S/C9H15N5O.C2H6/c1-10-7-2-4-14(5-3-7)9(15)8-11-6-12-13-8;1-2/h6-7,10H,2-5H2,1H3,(H,11,12,13);1-2H3. The van der Waals surface area contributed by atoms with Gasteiger partial charge < -0.3 is 10.2 Å². The van der Waals surface area contributed by atoms with Crippen molar-refractivity contribution >= 4 is 5.91 Å². The SMILES string of the molecule is CC.CNC1CCN(C(=O)c2ncn[nH]2)CC1. The van der Waals surface area contributed by atoms with Gasteiger partial charge >= 0.3 is 0 Å². The summed E-state index contributed by atoms with van der Waals surface area (Å²) in [5, 5.41) is 9.49. The minimum absolute atomic E-state index is 0.0537. The van der Waals surface area contributed by atoms with Crippen LogP contribution in [0, 0.1) is 0 Å². The van der Waals surface area contributed by atoms with Crippen LogP contribution in [-0.2, 0) is 0 Å². The summed E-state index contributed by atoms with van der Waals surface area (Å²) in [4.78, 5) is 17.5. The summed E-state index contributed by atoms with van der Waals surface area (Å²) in [5.41, 5.74) is 0. The van der Waals surface area contributed by atoms with E-state index in [4.69, 9.17) is 0 Å². The van der Waals surface area contributed by atoms with E-state index in [2.05, 4.69) is 20.5 Å². The van der Waals surface area contributed by atoms with Crippen molar-refractivity contribution in [2.75, 3.05) is 20.1 Å². The highest BCUT2D eigenvalue weighted by molar-refractivity contribution is 5.90. The van der Waals surface area contributed by atoms with Crippen LogP contribution in [0.25, 0.3) is 0 Å². The van der Waals surface area contributed by atoms with Gasteiger partial charge in [0, 0.05) is 19.1 Å². The lowest BCUT2D eigenvalue weighted by molar-refractivity contribution is 0.0695. The summed E-state index contributed by atoms with van der Waals surface area (Å²) in [7, 11) is 1.96. The minimum atomic E-state index is -0.0537. The maximum Gasteiger partial charge on any atom is 0.291 e. The molecule has 1 aromatic rings. The molecule has 1 aliphatic rings. The third-order valence-electron chi connectivity index (χ3n) is 2.81. The van der Waals surface area contributed by atoms with Crippen molar-refractivity contribution in [1.82, 2.24) is 25.4 Å². The number of rotatable bonds is 2. The summed E-state index contributed by atoms with van der Waals surface area (Å²) < 4.78 is 0. The summed E-state index contributed by atoms with van der Waals surface area (Å²) >= 11 is 0. The molecular formula is C11H21N5O. The van der Waals surface area contributed by atoms with E-state index in [0.29, 0.717) is 11.9 Å². The number of aromatic amines is 1. The van der Waals surface area contributed by atoms with E-state index in [9.17, 15) is 4.79 Å². The molecule has 1 amide bonds. The highest BCUT2D eigenvalue weighted by Crippen LogP contribution is 2.11. The molecule has 2 N–H and O–H groups in total. The van der Waals surface area contributed by atoms with Gasteiger partial charge in [-0.25, -0.2) is 4.98 Å². The molecule has 1 saturated heterocycles. The van der Waals surface area contributed by atoms with E-state index < -0.39 is 0 Å². The van der Waals surface area contributed by atoms with Crippen LogP contribution < -0.4 is 5.32 Å².